The first-order chi connectivity index (χ1) is 17.6. The first-order valence-corrected chi connectivity index (χ1v) is 12.3. The van der Waals surface area contributed by atoms with Gasteiger partial charge in [-0.05, 0) is 63.7 Å². The first kappa shape index (κ1) is 20.8. The van der Waals surface area contributed by atoms with Crippen molar-refractivity contribution in [1.82, 2.24) is 14.5 Å². The van der Waals surface area contributed by atoms with Gasteiger partial charge in [0.05, 0.1) is 16.7 Å². The quantitative estimate of drug-likeness (QED) is 0.266. The number of para-hydroxylation sites is 1. The zero-order valence-corrected chi connectivity index (χ0v) is 20.3. The lowest BCUT2D eigenvalue weighted by Gasteiger charge is -2.35. The molecule has 3 heteroatoms. The second-order valence-corrected chi connectivity index (χ2v) is 9.99. The van der Waals surface area contributed by atoms with Crippen LogP contribution in [0.3, 0.4) is 0 Å². The Kier molecular flexibility index (Phi) is 4.49. The van der Waals surface area contributed by atoms with Crippen molar-refractivity contribution in [2.75, 3.05) is 0 Å². The predicted octanol–water partition coefficient (Wildman–Crippen LogP) is 8.06. The molecule has 0 fully saturated rings. The first-order valence-electron chi connectivity index (χ1n) is 12.3. The largest absolute Gasteiger partial charge is 0.292 e. The van der Waals surface area contributed by atoms with E-state index in [2.05, 4.69) is 120 Å². The Morgan fingerprint density at radius 3 is 2.06 bits per heavy atom. The van der Waals surface area contributed by atoms with Crippen LogP contribution in [0.25, 0.3) is 50.4 Å². The zero-order chi connectivity index (χ0) is 24.3. The number of rotatable bonds is 3. The normalized spacial score (nSPS) is 13.5. The highest BCUT2D eigenvalue weighted by Gasteiger charge is 2.35. The van der Waals surface area contributed by atoms with Crippen LogP contribution in [0.4, 0.5) is 0 Å². The Balaban J connectivity index is 1.41. The molecular formula is C33H25N3. The molecule has 1 aliphatic heterocycles. The molecule has 2 aromatic heterocycles. The van der Waals surface area contributed by atoms with Crippen molar-refractivity contribution < 1.29 is 0 Å². The summed E-state index contributed by atoms with van der Waals surface area (Å²) in [5.41, 5.74) is 11.8. The molecule has 3 heterocycles. The molecule has 3 nitrogen and oxygen atoms in total. The molecule has 7 rings (SSSR count). The molecule has 0 saturated carbocycles. The molecule has 0 atom stereocenters. The second-order valence-electron chi connectivity index (χ2n) is 9.99. The third-order valence-electron chi connectivity index (χ3n) is 7.51. The van der Waals surface area contributed by atoms with Crippen LogP contribution in [0.2, 0.25) is 0 Å². The van der Waals surface area contributed by atoms with E-state index in [-0.39, 0.29) is 5.41 Å². The number of aromatic nitrogens is 3. The van der Waals surface area contributed by atoms with Crippen LogP contribution in [0.1, 0.15) is 25.0 Å². The third-order valence-corrected chi connectivity index (χ3v) is 7.51. The number of hydrogen-bond donors (Lipinski definition) is 0. The molecule has 0 aliphatic carbocycles. The molecule has 4 aromatic carbocycles. The molecule has 1 aliphatic rings. The minimum Gasteiger partial charge on any atom is -0.292 e. The highest BCUT2D eigenvalue weighted by Crippen LogP contribution is 2.47. The van der Waals surface area contributed by atoms with Crippen LogP contribution in [0.5, 0.6) is 0 Å². The van der Waals surface area contributed by atoms with Crippen molar-refractivity contribution in [2.45, 2.75) is 19.3 Å². The van der Waals surface area contributed by atoms with Crippen LogP contribution < -0.4 is 0 Å². The lowest BCUT2D eigenvalue weighted by atomic mass is 9.74. The smallest absolute Gasteiger partial charge is 0.147 e. The number of imidazole rings is 1. The molecule has 172 valence electrons. The fourth-order valence-electron chi connectivity index (χ4n) is 5.60. The van der Waals surface area contributed by atoms with E-state index in [1.54, 1.807) is 6.20 Å². The van der Waals surface area contributed by atoms with Gasteiger partial charge in [0.2, 0.25) is 0 Å². The van der Waals surface area contributed by atoms with Gasteiger partial charge in [-0.1, -0.05) is 86.6 Å². The highest BCUT2D eigenvalue weighted by atomic mass is 15.1. The maximum Gasteiger partial charge on any atom is 0.147 e. The molecule has 0 bridgehead atoms. The van der Waals surface area contributed by atoms with E-state index in [1.165, 1.54) is 44.6 Å². The average Bonchev–Trinajstić information content (AvgIpc) is 3.33. The summed E-state index contributed by atoms with van der Waals surface area (Å²) in [5, 5.41) is 0. The van der Waals surface area contributed by atoms with Crippen LogP contribution in [-0.4, -0.2) is 14.5 Å². The Morgan fingerprint density at radius 1 is 0.611 bits per heavy atom. The lowest BCUT2D eigenvalue weighted by molar-refractivity contribution is 0.629. The Bertz CT molecular complexity index is 1730. The summed E-state index contributed by atoms with van der Waals surface area (Å²) < 4.78 is 2.32. The van der Waals surface area contributed by atoms with Crippen molar-refractivity contribution in [1.29, 1.82) is 0 Å². The van der Waals surface area contributed by atoms with E-state index in [0.29, 0.717) is 0 Å². The molecular weight excluding hydrogens is 438 g/mol. The van der Waals surface area contributed by atoms with E-state index in [4.69, 9.17) is 4.98 Å². The fourth-order valence-corrected chi connectivity index (χ4v) is 5.60. The van der Waals surface area contributed by atoms with Gasteiger partial charge in [-0.15, -0.1) is 0 Å². The van der Waals surface area contributed by atoms with Crippen molar-refractivity contribution >= 4 is 11.0 Å². The molecule has 0 spiro atoms. The number of hydrogen-bond acceptors (Lipinski definition) is 2. The van der Waals surface area contributed by atoms with E-state index >= 15 is 0 Å². The molecule has 0 saturated heterocycles. The summed E-state index contributed by atoms with van der Waals surface area (Å²) in [6.45, 7) is 4.65. The van der Waals surface area contributed by atoms with Crippen molar-refractivity contribution in [3.05, 3.63) is 127 Å². The number of benzene rings is 4. The van der Waals surface area contributed by atoms with Gasteiger partial charge in [-0.25, -0.2) is 4.98 Å². The Hall–Kier alpha value is -4.50. The number of pyridine rings is 1. The van der Waals surface area contributed by atoms with Crippen molar-refractivity contribution in [3.8, 4) is 39.3 Å². The van der Waals surface area contributed by atoms with Crippen molar-refractivity contribution in [3.63, 3.8) is 0 Å². The van der Waals surface area contributed by atoms with Crippen LogP contribution in [0, 0.1) is 0 Å². The number of nitrogens with zero attached hydrogens (tertiary/aromatic N) is 3. The summed E-state index contributed by atoms with van der Waals surface area (Å²) in [6, 6.07) is 36.8. The monoisotopic (exact) mass is 463 g/mol. The maximum atomic E-state index is 5.06. The van der Waals surface area contributed by atoms with E-state index < -0.39 is 0 Å². The van der Waals surface area contributed by atoms with Crippen LogP contribution >= 0.6 is 0 Å². The minimum absolute atomic E-state index is 0.156. The van der Waals surface area contributed by atoms with Gasteiger partial charge < -0.3 is 0 Å². The van der Waals surface area contributed by atoms with Gasteiger partial charge in [0, 0.05) is 23.4 Å². The molecule has 0 unspecified atom stereocenters. The summed E-state index contributed by atoms with van der Waals surface area (Å²) >= 11 is 0. The zero-order valence-electron chi connectivity index (χ0n) is 20.3. The van der Waals surface area contributed by atoms with Crippen LogP contribution in [-0.2, 0) is 5.41 Å². The molecule has 0 radical (unpaired) electrons. The average molecular weight is 464 g/mol. The summed E-state index contributed by atoms with van der Waals surface area (Å²) in [5.74, 6) is 0.933. The highest BCUT2D eigenvalue weighted by molar-refractivity contribution is 5.90. The van der Waals surface area contributed by atoms with Gasteiger partial charge in [-0.2, -0.15) is 0 Å². The van der Waals surface area contributed by atoms with Crippen LogP contribution in [0.15, 0.2) is 116 Å². The third kappa shape index (κ3) is 3.06. The number of fused-ring (bicyclic) bond motifs is 2. The van der Waals surface area contributed by atoms with Gasteiger partial charge >= 0.3 is 0 Å². The SMILES string of the molecule is CC1(C)c2cc(-c3ccc(-c4ccccc4)cc3)ccc2-n2c(-c3cccnc3)nc3cccc1c32. The van der Waals surface area contributed by atoms with Gasteiger partial charge in [0.1, 0.15) is 5.82 Å². The summed E-state index contributed by atoms with van der Waals surface area (Å²) in [6.07, 6.45) is 3.70. The summed E-state index contributed by atoms with van der Waals surface area (Å²) in [7, 11) is 0. The minimum atomic E-state index is -0.156. The lowest BCUT2D eigenvalue weighted by Crippen LogP contribution is -2.26. The Morgan fingerprint density at radius 2 is 1.31 bits per heavy atom. The topological polar surface area (TPSA) is 30.7 Å². The summed E-state index contributed by atoms with van der Waals surface area (Å²) in [4.78, 5) is 9.42. The van der Waals surface area contributed by atoms with E-state index in [9.17, 15) is 0 Å². The van der Waals surface area contributed by atoms with E-state index in [1.807, 2.05) is 12.3 Å². The predicted molar refractivity (Wildman–Crippen MR) is 147 cm³/mol. The van der Waals surface area contributed by atoms with Gasteiger partial charge in [-0.3, -0.25) is 9.55 Å². The maximum absolute atomic E-state index is 5.06. The second kappa shape index (κ2) is 7.76. The molecule has 0 N–H and O–H groups in total. The van der Waals surface area contributed by atoms with Gasteiger partial charge in [0.15, 0.2) is 0 Å². The molecule has 36 heavy (non-hydrogen) atoms. The standard InChI is InChI=1S/C33H25N3/c1-33(2)27-11-6-12-29-31(27)36(32(35-29)26-10-7-19-34-21-26)30-18-17-25(20-28(30)33)24-15-13-23(14-16-24)22-8-4-3-5-9-22/h3-21H,1-2H3. The Labute approximate surface area is 210 Å². The molecule has 6 aromatic rings. The van der Waals surface area contributed by atoms with Gasteiger partial charge in [0.25, 0.3) is 0 Å². The fraction of sp³-hybridized carbons (Fsp3) is 0.0909. The van der Waals surface area contributed by atoms with E-state index in [0.717, 1.165) is 16.9 Å². The molecule has 0 amide bonds. The van der Waals surface area contributed by atoms with Crippen molar-refractivity contribution in [2.24, 2.45) is 0 Å².